The Morgan fingerprint density at radius 1 is 0.524 bits per heavy atom. The summed E-state index contributed by atoms with van der Waals surface area (Å²) < 4.78 is 49.3. The second kappa shape index (κ2) is 36.4. The van der Waals surface area contributed by atoms with Gasteiger partial charge in [0.05, 0.1) is 6.61 Å². The van der Waals surface area contributed by atoms with Gasteiger partial charge in [-0.2, -0.15) is 0 Å². The minimum absolute atomic E-state index is 0.0431. The van der Waals surface area contributed by atoms with Gasteiger partial charge in [0.15, 0.2) is 6.10 Å². The molecule has 18 heteroatoms. The predicted octanol–water partition coefficient (Wildman–Crippen LogP) is 8.73. The average molecular weight is 941 g/mol. The molecule has 0 aromatic rings. The van der Waals surface area contributed by atoms with Gasteiger partial charge in [0.2, 0.25) is 0 Å². The van der Waals surface area contributed by atoms with Crippen LogP contribution in [0.1, 0.15) is 181 Å². The Hall–Kier alpha value is -1.78. The van der Waals surface area contributed by atoms with Crippen LogP contribution in [0.3, 0.4) is 0 Å². The molecule has 63 heavy (non-hydrogen) atoms. The summed E-state index contributed by atoms with van der Waals surface area (Å²) in [4.78, 5) is 54.2. The van der Waals surface area contributed by atoms with Gasteiger partial charge in [0.1, 0.15) is 43.2 Å². The van der Waals surface area contributed by atoms with Crippen molar-refractivity contribution in [2.24, 2.45) is 0 Å². The largest absolute Gasteiger partial charge is 0.472 e. The summed E-state index contributed by atoms with van der Waals surface area (Å²) in [7, 11) is -10.7. The molecule has 0 bridgehead atoms. The summed E-state index contributed by atoms with van der Waals surface area (Å²) in [5.41, 5.74) is 0. The van der Waals surface area contributed by atoms with Gasteiger partial charge in [-0.25, -0.2) is 9.13 Å². The highest BCUT2D eigenvalue weighted by Crippen LogP contribution is 2.49. The van der Waals surface area contributed by atoms with Crippen molar-refractivity contribution in [2.45, 2.75) is 224 Å². The first-order valence-electron chi connectivity index (χ1n) is 23.5. The summed E-state index contributed by atoms with van der Waals surface area (Å²) in [5.74, 6) is -1.22. The lowest BCUT2D eigenvalue weighted by atomic mass is 9.85. The molecule has 1 aliphatic rings. The number of ether oxygens (including phenoxy) is 2. The zero-order valence-electron chi connectivity index (χ0n) is 38.0. The van der Waals surface area contributed by atoms with Crippen LogP contribution in [-0.4, -0.2) is 103 Å². The molecule has 0 aromatic carbocycles. The molecule has 7 N–H and O–H groups in total. The standard InChI is InChI=1S/C45H82O16P2/c1-3-5-7-9-11-13-15-17-19-21-23-25-27-29-31-33-38(46)57-35-37(59-39(47)34-32-30-28-26-24-22-20-18-16-14-12-10-8-6-4-2)36-58-63(55,56)61-45-42(50)40(48)41(49)44(43(45)51)60-62(52,53)54/h5,7,11,13,17,19,37,40-45,48-51H,3-4,6,8-10,12,14-16,18,20-36H2,1-2H3,(H,55,56)(H2,52,53,54)/b7-5-,13-11-,19-17-/t37-,40?,41?,42?,43?,44-,45+/m1/s1. The van der Waals surface area contributed by atoms with Crippen molar-refractivity contribution in [3.8, 4) is 0 Å². The van der Waals surface area contributed by atoms with Crippen molar-refractivity contribution in [3.05, 3.63) is 36.5 Å². The molecule has 1 rings (SSSR count). The molecule has 0 aromatic heterocycles. The van der Waals surface area contributed by atoms with Crippen molar-refractivity contribution in [1.82, 2.24) is 0 Å². The molecular formula is C45H82O16P2. The SMILES string of the molecule is CC/C=C\C/C=C\C/C=C\CCCCCCCC(=O)OC[C@H](COP(=O)(O)O[C@H]1C(O)C(O)C(O)[C@@H](OP(=O)(O)O)C1O)OC(=O)CCCCCCCCCCCCCCCCC. The number of aliphatic hydroxyl groups is 4. The fourth-order valence-electron chi connectivity index (χ4n) is 7.10. The quantitative estimate of drug-likeness (QED) is 0.0132. The summed E-state index contributed by atoms with van der Waals surface area (Å²) in [5, 5.41) is 41.2. The van der Waals surface area contributed by atoms with Crippen molar-refractivity contribution in [2.75, 3.05) is 13.2 Å². The Balaban J connectivity index is 2.60. The normalized spacial score (nSPS) is 22.2. The Bertz CT molecular complexity index is 1370. The molecule has 0 radical (unpaired) electrons. The van der Waals surface area contributed by atoms with Crippen LogP contribution in [0.25, 0.3) is 0 Å². The van der Waals surface area contributed by atoms with E-state index in [2.05, 4.69) is 54.8 Å². The molecule has 1 saturated carbocycles. The minimum Gasteiger partial charge on any atom is -0.462 e. The summed E-state index contributed by atoms with van der Waals surface area (Å²) >= 11 is 0. The third-order valence-electron chi connectivity index (χ3n) is 10.7. The van der Waals surface area contributed by atoms with Crippen molar-refractivity contribution < 1.29 is 76.9 Å². The van der Waals surface area contributed by atoms with Crippen LogP contribution in [0.2, 0.25) is 0 Å². The molecule has 1 fully saturated rings. The molecule has 1 aliphatic carbocycles. The van der Waals surface area contributed by atoms with Crippen LogP contribution in [0.15, 0.2) is 36.5 Å². The zero-order chi connectivity index (χ0) is 46.8. The predicted molar refractivity (Wildman–Crippen MR) is 241 cm³/mol. The highest BCUT2D eigenvalue weighted by Gasteiger charge is 2.54. The third kappa shape index (κ3) is 30.9. The second-order valence-electron chi connectivity index (χ2n) is 16.5. The highest BCUT2D eigenvalue weighted by molar-refractivity contribution is 7.47. The number of esters is 2. The molecule has 0 amide bonds. The highest BCUT2D eigenvalue weighted by atomic mass is 31.2. The Morgan fingerprint density at radius 3 is 1.48 bits per heavy atom. The van der Waals surface area contributed by atoms with Crippen LogP contribution in [0, 0.1) is 0 Å². The summed E-state index contributed by atoms with van der Waals surface area (Å²) in [6.07, 6.45) is 23.9. The first-order chi connectivity index (χ1) is 30.1. The van der Waals surface area contributed by atoms with E-state index in [1.807, 2.05) is 0 Å². The smallest absolute Gasteiger partial charge is 0.462 e. The molecular weight excluding hydrogens is 858 g/mol. The maximum Gasteiger partial charge on any atom is 0.472 e. The average Bonchev–Trinajstić information content (AvgIpc) is 3.23. The number of carbonyl (C=O) groups is 2. The molecule has 368 valence electrons. The zero-order valence-corrected chi connectivity index (χ0v) is 39.8. The van der Waals surface area contributed by atoms with Crippen molar-refractivity contribution in [3.63, 3.8) is 0 Å². The third-order valence-corrected chi connectivity index (χ3v) is 12.2. The van der Waals surface area contributed by atoms with E-state index in [1.54, 1.807) is 0 Å². The van der Waals surface area contributed by atoms with E-state index in [-0.39, 0.29) is 12.8 Å². The van der Waals surface area contributed by atoms with Gasteiger partial charge in [0.25, 0.3) is 0 Å². The fraction of sp³-hybridized carbons (Fsp3) is 0.822. The van der Waals surface area contributed by atoms with Crippen LogP contribution in [0.4, 0.5) is 0 Å². The second-order valence-corrected chi connectivity index (χ2v) is 19.1. The number of carbonyl (C=O) groups excluding carboxylic acids is 2. The summed E-state index contributed by atoms with van der Waals surface area (Å²) in [6, 6.07) is 0. The van der Waals surface area contributed by atoms with Gasteiger partial charge < -0.3 is 44.6 Å². The lowest BCUT2D eigenvalue weighted by Gasteiger charge is -2.43. The van der Waals surface area contributed by atoms with Crippen LogP contribution < -0.4 is 0 Å². The van der Waals surface area contributed by atoms with E-state index in [0.29, 0.717) is 12.8 Å². The van der Waals surface area contributed by atoms with Gasteiger partial charge >= 0.3 is 27.6 Å². The lowest BCUT2D eigenvalue weighted by Crippen LogP contribution is -2.64. The van der Waals surface area contributed by atoms with Crippen molar-refractivity contribution >= 4 is 27.6 Å². The van der Waals surface area contributed by atoms with E-state index >= 15 is 0 Å². The van der Waals surface area contributed by atoms with Crippen LogP contribution >= 0.6 is 15.6 Å². The Morgan fingerprint density at radius 2 is 0.968 bits per heavy atom. The van der Waals surface area contributed by atoms with Gasteiger partial charge in [-0.05, 0) is 44.9 Å². The number of allylic oxidation sites excluding steroid dienone is 6. The number of rotatable bonds is 39. The molecule has 5 unspecified atom stereocenters. The fourth-order valence-corrected chi connectivity index (χ4v) is 8.64. The topological polar surface area (TPSA) is 256 Å². The first kappa shape index (κ1) is 59.2. The molecule has 0 saturated heterocycles. The van der Waals surface area contributed by atoms with Crippen molar-refractivity contribution in [1.29, 1.82) is 0 Å². The van der Waals surface area contributed by atoms with E-state index in [4.69, 9.17) is 28.3 Å². The van der Waals surface area contributed by atoms with Gasteiger partial charge in [-0.3, -0.25) is 23.2 Å². The van der Waals surface area contributed by atoms with Gasteiger partial charge in [-0.1, -0.05) is 159 Å². The number of unbranched alkanes of at least 4 members (excludes halogenated alkanes) is 19. The lowest BCUT2D eigenvalue weighted by molar-refractivity contribution is -0.216. The van der Waals surface area contributed by atoms with E-state index in [9.17, 15) is 44.0 Å². The van der Waals surface area contributed by atoms with E-state index in [0.717, 1.165) is 77.0 Å². The molecule has 0 spiro atoms. The van der Waals surface area contributed by atoms with E-state index < -0.39 is 83.5 Å². The molecule has 0 aliphatic heterocycles. The van der Waals surface area contributed by atoms with Gasteiger partial charge in [-0.15, -0.1) is 0 Å². The monoisotopic (exact) mass is 941 g/mol. The molecule has 16 nitrogen and oxygen atoms in total. The Labute approximate surface area is 376 Å². The maximum atomic E-state index is 13.0. The number of phosphoric ester groups is 2. The van der Waals surface area contributed by atoms with Crippen LogP contribution in [0.5, 0.6) is 0 Å². The molecule has 8 atom stereocenters. The van der Waals surface area contributed by atoms with Crippen LogP contribution in [-0.2, 0) is 41.8 Å². The maximum absolute atomic E-state index is 13.0. The van der Waals surface area contributed by atoms with Gasteiger partial charge in [0, 0.05) is 12.8 Å². The summed E-state index contributed by atoms with van der Waals surface area (Å²) in [6.45, 7) is 2.99. The first-order valence-corrected chi connectivity index (χ1v) is 26.6. The Kier molecular flexibility index (Phi) is 34.2. The molecule has 0 heterocycles. The van der Waals surface area contributed by atoms with E-state index in [1.165, 1.54) is 64.2 Å². The number of hydrogen-bond acceptors (Lipinski definition) is 13. The minimum atomic E-state index is -5.36. The number of aliphatic hydroxyl groups excluding tert-OH is 4. The number of phosphoric acid groups is 2. The number of hydrogen-bond donors (Lipinski definition) is 7.